The standard InChI is InChI=1S/C22H27N3O3/c1-22(2)14-20(24-19-7-6-17(13-18(19)22)28-21(26)27)15-4-3-5-16(12-15)25-10-8-23-9-11-25/h3-7,12-13,20,23-24H,8-11,14H2,1-2H3,(H,26,27). The van der Waals surface area contributed by atoms with E-state index in [4.69, 9.17) is 9.84 Å². The van der Waals surface area contributed by atoms with Crippen molar-refractivity contribution in [2.45, 2.75) is 31.7 Å². The van der Waals surface area contributed by atoms with Gasteiger partial charge in [0.25, 0.3) is 0 Å². The van der Waals surface area contributed by atoms with Crippen molar-refractivity contribution in [2.75, 3.05) is 36.4 Å². The Hall–Kier alpha value is -2.73. The Morgan fingerprint density at radius 2 is 1.96 bits per heavy atom. The van der Waals surface area contributed by atoms with Crippen LogP contribution in [0.3, 0.4) is 0 Å². The molecule has 1 fully saturated rings. The number of carbonyl (C=O) groups is 1. The van der Waals surface area contributed by atoms with Crippen molar-refractivity contribution in [3.63, 3.8) is 0 Å². The van der Waals surface area contributed by atoms with Crippen LogP contribution < -0.4 is 20.3 Å². The van der Waals surface area contributed by atoms with Crippen molar-refractivity contribution in [1.29, 1.82) is 0 Å². The highest BCUT2D eigenvalue weighted by Crippen LogP contribution is 2.45. The number of nitrogens with zero attached hydrogens (tertiary/aromatic N) is 1. The topological polar surface area (TPSA) is 73.8 Å². The quantitative estimate of drug-likeness (QED) is 0.552. The summed E-state index contributed by atoms with van der Waals surface area (Å²) in [6.07, 6.45) is -0.370. The Kier molecular flexibility index (Phi) is 4.89. The molecule has 1 atom stereocenters. The fourth-order valence-corrected chi connectivity index (χ4v) is 4.29. The molecule has 0 aromatic heterocycles. The van der Waals surface area contributed by atoms with Gasteiger partial charge in [-0.3, -0.25) is 0 Å². The van der Waals surface area contributed by atoms with E-state index in [-0.39, 0.29) is 11.5 Å². The Morgan fingerprint density at radius 1 is 1.18 bits per heavy atom. The average Bonchev–Trinajstić information content (AvgIpc) is 2.68. The van der Waals surface area contributed by atoms with Crippen LogP contribution in [-0.4, -0.2) is 37.4 Å². The van der Waals surface area contributed by atoms with Crippen molar-refractivity contribution >= 4 is 17.5 Å². The number of hydrogen-bond acceptors (Lipinski definition) is 5. The lowest BCUT2D eigenvalue weighted by molar-refractivity contribution is 0.144. The third kappa shape index (κ3) is 3.78. The molecule has 6 nitrogen and oxygen atoms in total. The molecule has 2 aliphatic heterocycles. The number of fused-ring (bicyclic) bond motifs is 1. The van der Waals surface area contributed by atoms with Crippen molar-refractivity contribution in [3.8, 4) is 5.75 Å². The van der Waals surface area contributed by atoms with Crippen LogP contribution in [0.4, 0.5) is 16.2 Å². The van der Waals surface area contributed by atoms with Gasteiger partial charge in [0.1, 0.15) is 5.75 Å². The molecule has 3 N–H and O–H groups in total. The largest absolute Gasteiger partial charge is 0.511 e. The predicted octanol–water partition coefficient (Wildman–Crippen LogP) is 3.99. The molecule has 0 amide bonds. The molecule has 0 radical (unpaired) electrons. The van der Waals surface area contributed by atoms with Crippen LogP contribution in [0.1, 0.15) is 37.4 Å². The minimum absolute atomic E-state index is 0.103. The smallest absolute Gasteiger partial charge is 0.449 e. The summed E-state index contributed by atoms with van der Waals surface area (Å²) in [5.74, 6) is 0.361. The highest BCUT2D eigenvalue weighted by molar-refractivity contribution is 5.65. The first kappa shape index (κ1) is 18.6. The van der Waals surface area contributed by atoms with Gasteiger partial charge in [-0.25, -0.2) is 4.79 Å². The van der Waals surface area contributed by atoms with E-state index < -0.39 is 6.16 Å². The molecule has 148 valence electrons. The fraction of sp³-hybridized carbons (Fsp3) is 0.409. The predicted molar refractivity (Wildman–Crippen MR) is 111 cm³/mol. The molecular weight excluding hydrogens is 354 g/mol. The minimum atomic E-state index is -1.29. The lowest BCUT2D eigenvalue weighted by Crippen LogP contribution is -2.43. The highest BCUT2D eigenvalue weighted by atomic mass is 16.7. The molecule has 1 unspecified atom stereocenters. The van der Waals surface area contributed by atoms with Gasteiger partial charge in [0.2, 0.25) is 0 Å². The molecule has 2 aromatic rings. The Bertz CT molecular complexity index is 875. The van der Waals surface area contributed by atoms with Crippen molar-refractivity contribution in [3.05, 3.63) is 53.6 Å². The van der Waals surface area contributed by atoms with Gasteiger partial charge in [-0.05, 0) is 53.3 Å². The summed E-state index contributed by atoms with van der Waals surface area (Å²) in [4.78, 5) is 13.3. The number of nitrogens with one attached hydrogen (secondary N) is 2. The fourth-order valence-electron chi connectivity index (χ4n) is 4.29. The van der Waals surface area contributed by atoms with Gasteiger partial charge in [0, 0.05) is 37.6 Å². The van der Waals surface area contributed by atoms with Crippen LogP contribution in [0.5, 0.6) is 5.75 Å². The highest BCUT2D eigenvalue weighted by Gasteiger charge is 2.34. The molecule has 1 saturated heterocycles. The van der Waals surface area contributed by atoms with E-state index >= 15 is 0 Å². The summed E-state index contributed by atoms with van der Waals surface area (Å²) in [6, 6.07) is 14.5. The van der Waals surface area contributed by atoms with Gasteiger partial charge in [-0.1, -0.05) is 26.0 Å². The van der Waals surface area contributed by atoms with Gasteiger partial charge in [0.15, 0.2) is 0 Å². The number of piperazine rings is 1. The maximum Gasteiger partial charge on any atom is 0.511 e. The molecule has 2 aromatic carbocycles. The van der Waals surface area contributed by atoms with E-state index in [9.17, 15) is 4.79 Å². The van der Waals surface area contributed by atoms with Crippen molar-refractivity contribution in [1.82, 2.24) is 5.32 Å². The molecule has 0 spiro atoms. The monoisotopic (exact) mass is 381 g/mol. The lowest BCUT2D eigenvalue weighted by Gasteiger charge is -2.39. The second-order valence-corrected chi connectivity index (χ2v) is 8.19. The van der Waals surface area contributed by atoms with Crippen LogP contribution in [0.15, 0.2) is 42.5 Å². The second kappa shape index (κ2) is 7.36. The first-order valence-electron chi connectivity index (χ1n) is 9.80. The Balaban J connectivity index is 1.60. The zero-order valence-corrected chi connectivity index (χ0v) is 16.4. The van der Waals surface area contributed by atoms with E-state index in [1.165, 1.54) is 11.3 Å². The molecule has 28 heavy (non-hydrogen) atoms. The number of benzene rings is 2. The van der Waals surface area contributed by atoms with Crippen molar-refractivity contribution < 1.29 is 14.6 Å². The van der Waals surface area contributed by atoms with Crippen LogP contribution in [0.25, 0.3) is 0 Å². The second-order valence-electron chi connectivity index (χ2n) is 8.19. The first-order valence-corrected chi connectivity index (χ1v) is 9.80. The normalized spacial score (nSPS) is 20.8. The Morgan fingerprint density at radius 3 is 2.71 bits per heavy atom. The Labute approximate surface area is 165 Å². The maximum absolute atomic E-state index is 10.9. The van der Waals surface area contributed by atoms with Crippen LogP contribution in [0.2, 0.25) is 0 Å². The summed E-state index contributed by atoms with van der Waals surface area (Å²) in [5.41, 5.74) is 4.57. The SMILES string of the molecule is CC1(C)CC(c2cccc(N3CCNCC3)c2)Nc2ccc(OC(=O)O)cc21. The molecular formula is C22H27N3O3. The summed E-state index contributed by atoms with van der Waals surface area (Å²) < 4.78 is 4.85. The summed E-state index contributed by atoms with van der Waals surface area (Å²) in [7, 11) is 0. The summed E-state index contributed by atoms with van der Waals surface area (Å²) in [5, 5.41) is 15.9. The first-order chi connectivity index (χ1) is 13.4. The number of carboxylic acid groups (broad SMARTS) is 1. The minimum Gasteiger partial charge on any atom is -0.449 e. The van der Waals surface area contributed by atoms with E-state index in [1.807, 2.05) is 12.1 Å². The number of hydrogen-bond donors (Lipinski definition) is 3. The van der Waals surface area contributed by atoms with Gasteiger partial charge in [-0.15, -0.1) is 0 Å². The number of rotatable bonds is 3. The van der Waals surface area contributed by atoms with Gasteiger partial charge >= 0.3 is 6.16 Å². The number of ether oxygens (including phenoxy) is 1. The average molecular weight is 381 g/mol. The lowest BCUT2D eigenvalue weighted by atomic mass is 9.74. The zero-order valence-electron chi connectivity index (χ0n) is 16.4. The van der Waals surface area contributed by atoms with Gasteiger partial charge in [-0.2, -0.15) is 0 Å². The van der Waals surface area contributed by atoms with E-state index in [0.717, 1.165) is 43.9 Å². The molecule has 2 aliphatic rings. The van der Waals surface area contributed by atoms with E-state index in [2.05, 4.69) is 53.6 Å². The number of anilines is 2. The van der Waals surface area contributed by atoms with Crippen molar-refractivity contribution in [2.24, 2.45) is 0 Å². The molecule has 0 saturated carbocycles. The van der Waals surface area contributed by atoms with Crippen LogP contribution in [-0.2, 0) is 5.41 Å². The van der Waals surface area contributed by atoms with E-state index in [1.54, 1.807) is 6.07 Å². The summed E-state index contributed by atoms with van der Waals surface area (Å²) in [6.45, 7) is 8.50. The molecule has 0 aliphatic carbocycles. The molecule has 4 rings (SSSR count). The zero-order chi connectivity index (χ0) is 19.7. The summed E-state index contributed by atoms with van der Waals surface area (Å²) >= 11 is 0. The third-order valence-corrected chi connectivity index (χ3v) is 5.72. The molecule has 6 heteroatoms. The van der Waals surface area contributed by atoms with E-state index in [0.29, 0.717) is 5.75 Å². The van der Waals surface area contributed by atoms with Gasteiger partial charge < -0.3 is 25.4 Å². The molecule has 0 bridgehead atoms. The van der Waals surface area contributed by atoms with Gasteiger partial charge in [0.05, 0.1) is 6.04 Å². The third-order valence-electron chi connectivity index (χ3n) is 5.72. The van der Waals surface area contributed by atoms with Crippen LogP contribution in [0, 0.1) is 0 Å². The van der Waals surface area contributed by atoms with Crippen LogP contribution >= 0.6 is 0 Å². The maximum atomic E-state index is 10.9. The molecule has 2 heterocycles.